The van der Waals surface area contributed by atoms with Crippen molar-refractivity contribution in [3.8, 4) is 5.75 Å². The minimum Gasteiger partial charge on any atom is -0.508 e. The van der Waals surface area contributed by atoms with Crippen molar-refractivity contribution >= 4 is 0 Å². The molecule has 0 radical (unpaired) electrons. The second-order valence-electron chi connectivity index (χ2n) is 5.40. The number of rotatable bonds is 5. The van der Waals surface area contributed by atoms with Crippen LogP contribution in [0.3, 0.4) is 0 Å². The first kappa shape index (κ1) is 12.4. The Morgan fingerprint density at radius 3 is 2.59 bits per heavy atom. The molecule has 1 aromatic carbocycles. The predicted octanol–water partition coefficient (Wildman–Crippen LogP) is 1.83. The molecule has 3 nitrogen and oxygen atoms in total. The summed E-state index contributed by atoms with van der Waals surface area (Å²) < 4.78 is 0. The summed E-state index contributed by atoms with van der Waals surface area (Å²) in [6.07, 6.45) is 3.52. The molecule has 94 valence electrons. The van der Waals surface area contributed by atoms with Crippen LogP contribution in [0, 0.1) is 0 Å². The molecular formula is C14H22N2O. The average Bonchev–Trinajstić information content (AvgIpc) is 3.02. The van der Waals surface area contributed by atoms with Crippen LogP contribution in [0.1, 0.15) is 30.4 Å². The van der Waals surface area contributed by atoms with Crippen molar-refractivity contribution in [2.24, 2.45) is 5.73 Å². The van der Waals surface area contributed by atoms with Crippen molar-refractivity contribution in [3.63, 3.8) is 0 Å². The van der Waals surface area contributed by atoms with Gasteiger partial charge in [-0.05, 0) is 56.9 Å². The normalized spacial score (nSPS) is 17.4. The van der Waals surface area contributed by atoms with Gasteiger partial charge in [-0.2, -0.15) is 0 Å². The lowest BCUT2D eigenvalue weighted by molar-refractivity contribution is 0.385. The third-order valence-electron chi connectivity index (χ3n) is 3.65. The van der Waals surface area contributed by atoms with Crippen molar-refractivity contribution in [2.75, 3.05) is 20.6 Å². The van der Waals surface area contributed by atoms with E-state index in [2.05, 4.69) is 17.0 Å². The summed E-state index contributed by atoms with van der Waals surface area (Å²) in [5.41, 5.74) is 8.35. The number of nitrogens with zero attached hydrogens (tertiary/aromatic N) is 1. The number of hydrogen-bond acceptors (Lipinski definition) is 3. The zero-order chi connectivity index (χ0) is 12.5. The predicted molar refractivity (Wildman–Crippen MR) is 70.1 cm³/mol. The largest absolute Gasteiger partial charge is 0.508 e. The SMILES string of the molecule is CN(C)Cc1cc(C2(CCN)CC2)ccc1O. The lowest BCUT2D eigenvalue weighted by atomic mass is 9.91. The summed E-state index contributed by atoms with van der Waals surface area (Å²) >= 11 is 0. The van der Waals surface area contributed by atoms with Crippen LogP contribution in [0.4, 0.5) is 0 Å². The lowest BCUT2D eigenvalue weighted by Crippen LogP contribution is -2.15. The number of nitrogens with two attached hydrogens (primary N) is 1. The third kappa shape index (κ3) is 2.61. The van der Waals surface area contributed by atoms with Crippen LogP contribution < -0.4 is 5.73 Å². The highest BCUT2D eigenvalue weighted by Crippen LogP contribution is 2.51. The first-order valence-electron chi connectivity index (χ1n) is 6.24. The van der Waals surface area contributed by atoms with Gasteiger partial charge in [-0.25, -0.2) is 0 Å². The lowest BCUT2D eigenvalue weighted by Gasteiger charge is -2.18. The van der Waals surface area contributed by atoms with E-state index >= 15 is 0 Å². The van der Waals surface area contributed by atoms with E-state index in [-0.39, 0.29) is 0 Å². The number of aromatic hydroxyl groups is 1. The van der Waals surface area contributed by atoms with Crippen LogP contribution >= 0.6 is 0 Å². The van der Waals surface area contributed by atoms with Gasteiger partial charge in [0.05, 0.1) is 0 Å². The topological polar surface area (TPSA) is 49.5 Å². The standard InChI is InChI=1S/C14H22N2O/c1-16(2)10-11-9-12(3-4-13(11)17)14(5-6-14)7-8-15/h3-4,9,17H,5-8,10,15H2,1-2H3. The molecule has 1 aromatic rings. The summed E-state index contributed by atoms with van der Waals surface area (Å²) in [5, 5.41) is 9.85. The molecule has 0 spiro atoms. The second kappa shape index (κ2) is 4.67. The molecule has 3 N–H and O–H groups in total. The molecule has 0 saturated heterocycles. The number of hydrogen-bond donors (Lipinski definition) is 2. The van der Waals surface area contributed by atoms with Gasteiger partial charge in [0.15, 0.2) is 0 Å². The first-order valence-corrected chi connectivity index (χ1v) is 6.24. The number of phenols is 1. The van der Waals surface area contributed by atoms with Gasteiger partial charge in [-0.1, -0.05) is 12.1 Å². The molecule has 0 unspecified atom stereocenters. The van der Waals surface area contributed by atoms with Crippen LogP contribution in [-0.4, -0.2) is 30.6 Å². The van der Waals surface area contributed by atoms with E-state index in [0.29, 0.717) is 11.2 Å². The monoisotopic (exact) mass is 234 g/mol. The van der Waals surface area contributed by atoms with Crippen LogP contribution in [0.25, 0.3) is 0 Å². The molecule has 17 heavy (non-hydrogen) atoms. The highest BCUT2D eigenvalue weighted by atomic mass is 16.3. The van der Waals surface area contributed by atoms with Gasteiger partial charge in [0.2, 0.25) is 0 Å². The van der Waals surface area contributed by atoms with Gasteiger partial charge in [-0.15, -0.1) is 0 Å². The van der Waals surface area contributed by atoms with E-state index in [1.807, 2.05) is 20.2 Å². The van der Waals surface area contributed by atoms with Crippen molar-refractivity contribution in [1.82, 2.24) is 4.90 Å². The third-order valence-corrected chi connectivity index (χ3v) is 3.65. The van der Waals surface area contributed by atoms with Crippen LogP contribution in [0.2, 0.25) is 0 Å². The molecule has 0 bridgehead atoms. The fourth-order valence-corrected chi connectivity index (χ4v) is 2.49. The molecule has 2 rings (SSSR count). The summed E-state index contributed by atoms with van der Waals surface area (Å²) in [4.78, 5) is 2.07. The van der Waals surface area contributed by atoms with Crippen LogP contribution in [0.15, 0.2) is 18.2 Å². The molecule has 1 saturated carbocycles. The maximum atomic E-state index is 9.85. The molecular weight excluding hydrogens is 212 g/mol. The Morgan fingerprint density at radius 2 is 2.06 bits per heavy atom. The zero-order valence-corrected chi connectivity index (χ0v) is 10.7. The van der Waals surface area contributed by atoms with Crippen molar-refractivity contribution in [2.45, 2.75) is 31.2 Å². The first-order chi connectivity index (χ1) is 8.07. The maximum Gasteiger partial charge on any atom is 0.120 e. The van der Waals surface area contributed by atoms with E-state index in [9.17, 15) is 5.11 Å². The minimum atomic E-state index is 0.309. The highest BCUT2D eigenvalue weighted by molar-refractivity contribution is 5.41. The molecule has 1 aliphatic carbocycles. The average molecular weight is 234 g/mol. The van der Waals surface area contributed by atoms with E-state index in [0.717, 1.165) is 25.1 Å². The van der Waals surface area contributed by atoms with Crippen molar-refractivity contribution < 1.29 is 5.11 Å². The fourth-order valence-electron chi connectivity index (χ4n) is 2.49. The molecule has 0 aliphatic heterocycles. The van der Waals surface area contributed by atoms with Gasteiger partial charge in [0, 0.05) is 12.1 Å². The Bertz CT molecular complexity index is 397. The van der Waals surface area contributed by atoms with Crippen molar-refractivity contribution in [3.05, 3.63) is 29.3 Å². The van der Waals surface area contributed by atoms with Crippen molar-refractivity contribution in [1.29, 1.82) is 0 Å². The Labute approximate surface area is 103 Å². The fraction of sp³-hybridized carbons (Fsp3) is 0.571. The van der Waals surface area contributed by atoms with E-state index < -0.39 is 0 Å². The molecule has 0 heterocycles. The van der Waals surface area contributed by atoms with E-state index in [4.69, 9.17) is 5.73 Å². The molecule has 1 fully saturated rings. The van der Waals surface area contributed by atoms with Gasteiger partial charge in [-0.3, -0.25) is 0 Å². The van der Waals surface area contributed by atoms with Crippen LogP contribution in [0.5, 0.6) is 5.75 Å². The second-order valence-corrected chi connectivity index (χ2v) is 5.40. The molecule has 0 amide bonds. The molecule has 0 aromatic heterocycles. The smallest absolute Gasteiger partial charge is 0.120 e. The van der Waals surface area contributed by atoms with E-state index in [1.165, 1.54) is 18.4 Å². The molecule has 1 aliphatic rings. The van der Waals surface area contributed by atoms with Crippen LogP contribution in [-0.2, 0) is 12.0 Å². The molecule has 0 atom stereocenters. The summed E-state index contributed by atoms with van der Waals surface area (Å²) in [6, 6.07) is 6.03. The highest BCUT2D eigenvalue weighted by Gasteiger charge is 2.43. The number of benzene rings is 1. The van der Waals surface area contributed by atoms with Gasteiger partial charge < -0.3 is 15.7 Å². The summed E-state index contributed by atoms with van der Waals surface area (Å²) in [7, 11) is 4.03. The quantitative estimate of drug-likeness (QED) is 0.817. The maximum absolute atomic E-state index is 9.85. The Kier molecular flexibility index (Phi) is 3.40. The minimum absolute atomic E-state index is 0.309. The Morgan fingerprint density at radius 1 is 1.35 bits per heavy atom. The van der Waals surface area contributed by atoms with E-state index in [1.54, 1.807) is 0 Å². The van der Waals surface area contributed by atoms with Gasteiger partial charge in [0.25, 0.3) is 0 Å². The Balaban J connectivity index is 2.25. The summed E-state index contributed by atoms with van der Waals surface area (Å²) in [6.45, 7) is 1.52. The van der Waals surface area contributed by atoms with Gasteiger partial charge >= 0.3 is 0 Å². The number of phenolic OH excluding ortho intramolecular Hbond substituents is 1. The molecule has 3 heteroatoms. The zero-order valence-electron chi connectivity index (χ0n) is 10.7. The Hall–Kier alpha value is -1.06. The summed E-state index contributed by atoms with van der Waals surface area (Å²) in [5.74, 6) is 0.394. The van der Waals surface area contributed by atoms with Gasteiger partial charge in [0.1, 0.15) is 5.75 Å².